The molecule has 0 N–H and O–H groups in total. The third kappa shape index (κ3) is 4.31. The number of benzene rings is 7. The van der Waals surface area contributed by atoms with Crippen molar-refractivity contribution in [3.63, 3.8) is 0 Å². The lowest BCUT2D eigenvalue weighted by atomic mass is 9.80. The van der Waals surface area contributed by atoms with Crippen LogP contribution in [0.1, 0.15) is 73.1 Å². The van der Waals surface area contributed by atoms with Gasteiger partial charge in [0.2, 0.25) is 0 Å². The molecule has 240 valence electrons. The highest BCUT2D eigenvalue weighted by Gasteiger charge is 2.36. The fourth-order valence-electron chi connectivity index (χ4n) is 9.29. The van der Waals surface area contributed by atoms with Crippen LogP contribution in [0.15, 0.2) is 140 Å². The van der Waals surface area contributed by atoms with Gasteiger partial charge in [-0.15, -0.1) is 0 Å². The third-order valence-electron chi connectivity index (χ3n) is 12.2. The summed E-state index contributed by atoms with van der Waals surface area (Å²) in [5.74, 6) is 0. The molecule has 0 fully saturated rings. The van der Waals surface area contributed by atoms with Crippen molar-refractivity contribution in [1.29, 1.82) is 0 Å². The van der Waals surface area contributed by atoms with Crippen molar-refractivity contribution < 1.29 is 0 Å². The van der Waals surface area contributed by atoms with Gasteiger partial charge in [0, 0.05) is 10.8 Å². The lowest BCUT2D eigenvalue weighted by molar-refractivity contribution is 0.660. The number of hydrogen-bond acceptors (Lipinski definition) is 0. The van der Waals surface area contributed by atoms with Gasteiger partial charge >= 0.3 is 0 Å². The molecule has 0 atom stereocenters. The predicted octanol–water partition coefficient (Wildman–Crippen LogP) is 13.3. The van der Waals surface area contributed by atoms with Crippen LogP contribution in [0.5, 0.6) is 0 Å². The van der Waals surface area contributed by atoms with Crippen molar-refractivity contribution in [2.45, 2.75) is 51.4 Å². The van der Waals surface area contributed by atoms with Gasteiger partial charge in [-0.3, -0.25) is 0 Å². The molecule has 50 heavy (non-hydrogen) atoms. The summed E-state index contributed by atoms with van der Waals surface area (Å²) in [6.45, 7) is 9.45. The van der Waals surface area contributed by atoms with E-state index in [0.29, 0.717) is 0 Å². The highest BCUT2D eigenvalue weighted by molar-refractivity contribution is 5.93. The molecule has 0 heteroatoms. The fraction of sp³-hybridized carbons (Fsp3) is 0.160. The maximum atomic E-state index is 2.46. The molecule has 0 nitrogen and oxygen atoms in total. The van der Waals surface area contributed by atoms with Crippen molar-refractivity contribution in [2.75, 3.05) is 0 Å². The minimum atomic E-state index is 0.00588. The van der Waals surface area contributed by atoms with Gasteiger partial charge in [0.15, 0.2) is 0 Å². The largest absolute Gasteiger partial charge is 0.0619 e. The average Bonchev–Trinajstić information content (AvgIpc) is 3.53. The Hall–Kier alpha value is -5.46. The van der Waals surface area contributed by atoms with Crippen LogP contribution in [0.3, 0.4) is 0 Å². The van der Waals surface area contributed by atoms with E-state index in [0.717, 1.165) is 12.8 Å². The lowest BCUT2D eigenvalue weighted by Gasteiger charge is -2.23. The molecule has 0 bridgehead atoms. The zero-order chi connectivity index (χ0) is 33.8. The predicted molar refractivity (Wildman–Crippen MR) is 213 cm³/mol. The number of allylic oxidation sites excluding steroid dienone is 1. The monoisotopic (exact) mass is 640 g/mol. The van der Waals surface area contributed by atoms with Crippen LogP contribution in [0.2, 0.25) is 0 Å². The Balaban J connectivity index is 0.930. The van der Waals surface area contributed by atoms with Gasteiger partial charge in [-0.05, 0) is 137 Å². The molecule has 0 saturated heterocycles. The smallest absolute Gasteiger partial charge is 0.0159 e. The van der Waals surface area contributed by atoms with Crippen LogP contribution in [-0.2, 0) is 17.3 Å². The molecular weight excluding hydrogens is 601 g/mol. The first kappa shape index (κ1) is 29.5. The second kappa shape index (κ2) is 10.5. The standard InChI is InChI=1S/C50H40/c1-49(2)45-11-7-5-9-41(45)43-23-21-39(29-47(43)49)37-19-17-33-25-31(13-15-35(33)27-37)32-14-16-36-28-38(20-18-34(36)26-32)40-22-24-44-42-10-6-8-12-46(42)50(3,4)48(44)30-40/h5-17,19,21-30H,18,20H2,1-4H3. The van der Waals surface area contributed by atoms with Gasteiger partial charge < -0.3 is 0 Å². The van der Waals surface area contributed by atoms with Gasteiger partial charge in [-0.25, -0.2) is 0 Å². The first-order chi connectivity index (χ1) is 24.3. The number of rotatable bonds is 3. The summed E-state index contributed by atoms with van der Waals surface area (Å²) in [5.41, 5.74) is 22.0. The zero-order valence-corrected chi connectivity index (χ0v) is 29.3. The van der Waals surface area contributed by atoms with Crippen LogP contribution < -0.4 is 0 Å². The molecule has 3 aliphatic rings. The van der Waals surface area contributed by atoms with E-state index in [1.165, 1.54) is 99.8 Å². The molecular formula is C50H40. The minimum Gasteiger partial charge on any atom is -0.0619 e. The summed E-state index contributed by atoms with van der Waals surface area (Å²) in [6.07, 6.45) is 4.56. The minimum absolute atomic E-state index is 0.00588. The van der Waals surface area contributed by atoms with Crippen LogP contribution in [-0.4, -0.2) is 0 Å². The van der Waals surface area contributed by atoms with Crippen molar-refractivity contribution >= 4 is 22.4 Å². The van der Waals surface area contributed by atoms with E-state index in [1.54, 1.807) is 0 Å². The third-order valence-corrected chi connectivity index (χ3v) is 12.2. The van der Waals surface area contributed by atoms with Crippen molar-refractivity contribution in [3.05, 3.63) is 178 Å². The number of hydrogen-bond donors (Lipinski definition) is 0. The second-order valence-corrected chi connectivity index (χ2v) is 15.7. The molecule has 0 aromatic heterocycles. The summed E-state index contributed by atoms with van der Waals surface area (Å²) < 4.78 is 0. The quantitative estimate of drug-likeness (QED) is 0.180. The van der Waals surface area contributed by atoms with Crippen molar-refractivity contribution in [2.24, 2.45) is 0 Å². The van der Waals surface area contributed by atoms with Crippen molar-refractivity contribution in [1.82, 2.24) is 0 Å². The van der Waals surface area contributed by atoms with Gasteiger partial charge in [-0.1, -0.05) is 149 Å². The van der Waals surface area contributed by atoms with Crippen LogP contribution >= 0.6 is 0 Å². The van der Waals surface area contributed by atoms with Crippen LogP contribution in [0, 0.1) is 0 Å². The highest BCUT2D eigenvalue weighted by Crippen LogP contribution is 2.51. The molecule has 7 aromatic rings. The summed E-state index contributed by atoms with van der Waals surface area (Å²) in [5, 5.41) is 2.56. The molecule has 7 aromatic carbocycles. The van der Waals surface area contributed by atoms with E-state index >= 15 is 0 Å². The Morgan fingerprint density at radius 2 is 0.840 bits per heavy atom. The van der Waals surface area contributed by atoms with E-state index in [-0.39, 0.29) is 10.8 Å². The van der Waals surface area contributed by atoms with E-state index in [1.807, 2.05) is 0 Å². The Morgan fingerprint density at radius 3 is 1.46 bits per heavy atom. The Kier molecular flexibility index (Phi) is 6.20. The fourth-order valence-corrected chi connectivity index (χ4v) is 9.29. The van der Waals surface area contributed by atoms with Crippen LogP contribution in [0.4, 0.5) is 0 Å². The van der Waals surface area contributed by atoms with E-state index < -0.39 is 0 Å². The van der Waals surface area contributed by atoms with Gasteiger partial charge in [-0.2, -0.15) is 0 Å². The maximum absolute atomic E-state index is 2.46. The SMILES string of the molecule is CC1(C)c2ccccc2-c2ccc(C3=Cc4ccc(-c5ccc6cc(-c7ccc8c(c7)C(C)(C)c7ccccc7-8)ccc6c5)cc4CC3)cc21. The molecule has 0 radical (unpaired) electrons. The van der Waals surface area contributed by atoms with Gasteiger partial charge in [0.1, 0.15) is 0 Å². The molecule has 0 unspecified atom stereocenters. The molecule has 0 spiro atoms. The highest BCUT2D eigenvalue weighted by atomic mass is 14.4. The summed E-state index contributed by atoms with van der Waals surface area (Å²) >= 11 is 0. The average molecular weight is 641 g/mol. The van der Waals surface area contributed by atoms with Crippen molar-refractivity contribution in [3.8, 4) is 44.5 Å². The van der Waals surface area contributed by atoms with Gasteiger partial charge in [0.05, 0.1) is 0 Å². The molecule has 0 amide bonds. The summed E-state index contributed by atoms with van der Waals surface area (Å²) in [6, 6.07) is 52.9. The Labute approximate surface area is 295 Å². The Morgan fingerprint density at radius 1 is 0.380 bits per heavy atom. The van der Waals surface area contributed by atoms with E-state index in [4.69, 9.17) is 0 Å². The number of fused-ring (bicyclic) bond motifs is 8. The van der Waals surface area contributed by atoms with Crippen LogP contribution in [0.25, 0.3) is 66.9 Å². The zero-order valence-electron chi connectivity index (χ0n) is 29.3. The molecule has 0 aliphatic heterocycles. The van der Waals surface area contributed by atoms with Gasteiger partial charge in [0.25, 0.3) is 0 Å². The summed E-state index contributed by atoms with van der Waals surface area (Å²) in [7, 11) is 0. The second-order valence-electron chi connectivity index (χ2n) is 15.7. The lowest BCUT2D eigenvalue weighted by Crippen LogP contribution is -2.15. The molecule has 0 heterocycles. The first-order valence-electron chi connectivity index (χ1n) is 18.1. The van der Waals surface area contributed by atoms with E-state index in [9.17, 15) is 0 Å². The topological polar surface area (TPSA) is 0 Å². The number of aryl methyl sites for hydroxylation is 1. The van der Waals surface area contributed by atoms with E-state index in [2.05, 4.69) is 173 Å². The Bertz CT molecular complexity index is 2590. The molecule has 0 saturated carbocycles. The first-order valence-corrected chi connectivity index (χ1v) is 18.1. The molecule has 10 rings (SSSR count). The normalized spacial score (nSPS) is 15.9. The maximum Gasteiger partial charge on any atom is 0.0159 e. The summed E-state index contributed by atoms with van der Waals surface area (Å²) in [4.78, 5) is 0. The molecule has 3 aliphatic carbocycles.